The number of aryl methyl sites for hydroxylation is 1. The average Bonchev–Trinajstić information content (AvgIpc) is 3.13. The third-order valence-corrected chi connectivity index (χ3v) is 4.86. The molecule has 1 aliphatic heterocycles. The lowest BCUT2D eigenvalue weighted by atomic mass is 10.1. The van der Waals surface area contributed by atoms with E-state index in [1.54, 1.807) is 0 Å². The molecular weight excluding hydrogens is 312 g/mol. The van der Waals surface area contributed by atoms with E-state index in [0.29, 0.717) is 18.1 Å². The quantitative estimate of drug-likeness (QED) is 0.935. The van der Waals surface area contributed by atoms with Gasteiger partial charge in [0, 0.05) is 31.5 Å². The number of nitrogens with one attached hydrogen (secondary N) is 1. The second kappa shape index (κ2) is 6.45. The normalized spacial score (nSPS) is 17.6. The van der Waals surface area contributed by atoms with Crippen LogP contribution in [0.2, 0.25) is 0 Å². The number of rotatable bonds is 4. The van der Waals surface area contributed by atoms with Gasteiger partial charge in [0.05, 0.1) is 0 Å². The fourth-order valence-corrected chi connectivity index (χ4v) is 3.66. The second-order valence-corrected chi connectivity index (χ2v) is 6.52. The van der Waals surface area contributed by atoms with Crippen molar-refractivity contribution in [3.05, 3.63) is 34.8 Å². The Labute approximate surface area is 138 Å². The minimum Gasteiger partial charge on any atom is -0.311 e. The summed E-state index contributed by atoms with van der Waals surface area (Å²) in [5.74, 6) is -0.0479. The predicted octanol–water partition coefficient (Wildman–Crippen LogP) is 2.58. The van der Waals surface area contributed by atoms with Gasteiger partial charge in [-0.3, -0.25) is 9.59 Å². The molecule has 1 saturated heterocycles. The van der Waals surface area contributed by atoms with Gasteiger partial charge < -0.3 is 10.2 Å². The van der Waals surface area contributed by atoms with Gasteiger partial charge in [-0.15, -0.1) is 10.2 Å². The van der Waals surface area contributed by atoms with Crippen LogP contribution >= 0.6 is 11.3 Å². The molecule has 1 atom stereocenters. The Morgan fingerprint density at radius 1 is 1.39 bits per heavy atom. The van der Waals surface area contributed by atoms with E-state index in [1.807, 2.05) is 23.1 Å². The summed E-state index contributed by atoms with van der Waals surface area (Å²) in [5.41, 5.74) is 2.15. The molecule has 1 aliphatic rings. The Morgan fingerprint density at radius 2 is 2.17 bits per heavy atom. The van der Waals surface area contributed by atoms with Gasteiger partial charge in [-0.05, 0) is 18.1 Å². The lowest BCUT2D eigenvalue weighted by Gasteiger charge is -2.19. The number of carbonyl (C=O) groups is 2. The van der Waals surface area contributed by atoms with Crippen LogP contribution in [0.25, 0.3) is 0 Å². The van der Waals surface area contributed by atoms with Crippen molar-refractivity contribution in [1.29, 1.82) is 0 Å². The molecule has 0 radical (unpaired) electrons. The Bertz CT molecular complexity index is 743. The third kappa shape index (κ3) is 3.24. The number of amides is 2. The van der Waals surface area contributed by atoms with Crippen molar-refractivity contribution in [3.8, 4) is 0 Å². The summed E-state index contributed by atoms with van der Waals surface area (Å²) in [6, 6.07) is 7.98. The highest BCUT2D eigenvalue weighted by molar-refractivity contribution is 7.15. The smallest absolute Gasteiger partial charge is 0.227 e. The van der Waals surface area contributed by atoms with Crippen molar-refractivity contribution in [2.45, 2.75) is 32.6 Å². The summed E-state index contributed by atoms with van der Waals surface area (Å²) in [7, 11) is 0. The van der Waals surface area contributed by atoms with Gasteiger partial charge in [0.25, 0.3) is 0 Å². The number of carbonyl (C=O) groups excluding carboxylic acids is 2. The van der Waals surface area contributed by atoms with E-state index in [-0.39, 0.29) is 17.7 Å². The van der Waals surface area contributed by atoms with E-state index >= 15 is 0 Å². The maximum Gasteiger partial charge on any atom is 0.227 e. The number of benzene rings is 1. The maximum atomic E-state index is 12.4. The van der Waals surface area contributed by atoms with Gasteiger partial charge in [0.15, 0.2) is 0 Å². The molecule has 1 aromatic carbocycles. The largest absolute Gasteiger partial charge is 0.311 e. The van der Waals surface area contributed by atoms with E-state index in [1.165, 1.54) is 18.3 Å². The van der Waals surface area contributed by atoms with Crippen molar-refractivity contribution >= 4 is 34.0 Å². The lowest BCUT2D eigenvalue weighted by molar-refractivity contribution is -0.117. The van der Waals surface area contributed by atoms with Crippen molar-refractivity contribution in [2.75, 3.05) is 16.8 Å². The highest BCUT2D eigenvalue weighted by Crippen LogP contribution is 2.35. The number of anilines is 2. The van der Waals surface area contributed by atoms with Crippen LogP contribution in [0.15, 0.2) is 24.3 Å². The molecule has 2 heterocycles. The third-order valence-electron chi connectivity index (χ3n) is 3.86. The van der Waals surface area contributed by atoms with Gasteiger partial charge in [0.2, 0.25) is 16.9 Å². The SMILES string of the molecule is CCc1ccccc1N1C[C@H](c2nnc(NC(C)=O)s2)CC1=O. The molecule has 1 fully saturated rings. The van der Waals surface area contributed by atoms with Crippen LogP contribution in [0.3, 0.4) is 0 Å². The molecular formula is C16H18N4O2S. The zero-order valence-corrected chi connectivity index (χ0v) is 13.9. The Kier molecular flexibility index (Phi) is 4.38. The molecule has 0 spiro atoms. The number of hydrogen-bond donors (Lipinski definition) is 1. The molecule has 2 amide bonds. The lowest BCUT2D eigenvalue weighted by Crippen LogP contribution is -2.25. The molecule has 0 unspecified atom stereocenters. The first kappa shape index (κ1) is 15.6. The Hall–Kier alpha value is -2.28. The zero-order valence-electron chi connectivity index (χ0n) is 13.1. The van der Waals surface area contributed by atoms with E-state index in [0.717, 1.165) is 22.7 Å². The maximum absolute atomic E-state index is 12.4. The average molecular weight is 330 g/mol. The number of aromatic nitrogens is 2. The summed E-state index contributed by atoms with van der Waals surface area (Å²) in [6.45, 7) is 4.12. The van der Waals surface area contributed by atoms with Crippen LogP contribution in [0.5, 0.6) is 0 Å². The van der Waals surface area contributed by atoms with Crippen molar-refractivity contribution in [2.24, 2.45) is 0 Å². The number of hydrogen-bond acceptors (Lipinski definition) is 5. The monoisotopic (exact) mass is 330 g/mol. The van der Waals surface area contributed by atoms with Crippen LogP contribution in [-0.4, -0.2) is 28.6 Å². The van der Waals surface area contributed by atoms with E-state index in [4.69, 9.17) is 0 Å². The molecule has 1 N–H and O–H groups in total. The number of nitrogens with zero attached hydrogens (tertiary/aromatic N) is 3. The molecule has 7 heteroatoms. The van der Waals surface area contributed by atoms with Crippen molar-refractivity contribution < 1.29 is 9.59 Å². The standard InChI is InChI=1S/C16H18N4O2S/c1-3-11-6-4-5-7-13(11)20-9-12(8-14(20)22)15-18-19-16(23-15)17-10(2)21/h4-7,12H,3,8-9H2,1-2H3,(H,17,19,21)/t12-/m1/s1. The van der Waals surface area contributed by atoms with Crippen LogP contribution in [0.4, 0.5) is 10.8 Å². The highest BCUT2D eigenvalue weighted by Gasteiger charge is 2.34. The summed E-state index contributed by atoms with van der Waals surface area (Å²) in [6.07, 6.45) is 1.31. The molecule has 3 rings (SSSR count). The first-order valence-corrected chi connectivity index (χ1v) is 8.39. The van der Waals surface area contributed by atoms with Crippen molar-refractivity contribution in [3.63, 3.8) is 0 Å². The second-order valence-electron chi connectivity index (χ2n) is 5.51. The highest BCUT2D eigenvalue weighted by atomic mass is 32.1. The minimum atomic E-state index is -0.173. The summed E-state index contributed by atoms with van der Waals surface area (Å²) in [5, 5.41) is 12.0. The minimum absolute atomic E-state index is 0.0208. The topological polar surface area (TPSA) is 75.2 Å². The predicted molar refractivity (Wildman–Crippen MR) is 89.7 cm³/mol. The first-order valence-electron chi connectivity index (χ1n) is 7.57. The van der Waals surface area contributed by atoms with E-state index in [2.05, 4.69) is 28.5 Å². The molecule has 1 aromatic heterocycles. The molecule has 120 valence electrons. The Morgan fingerprint density at radius 3 is 2.91 bits per heavy atom. The fraction of sp³-hybridized carbons (Fsp3) is 0.375. The molecule has 2 aromatic rings. The van der Waals surface area contributed by atoms with E-state index < -0.39 is 0 Å². The zero-order chi connectivity index (χ0) is 16.4. The molecule has 0 aliphatic carbocycles. The number of para-hydroxylation sites is 1. The molecule has 23 heavy (non-hydrogen) atoms. The van der Waals surface area contributed by atoms with Gasteiger partial charge in [-0.25, -0.2) is 0 Å². The molecule has 0 saturated carbocycles. The molecule has 6 nitrogen and oxygen atoms in total. The molecule has 0 bridgehead atoms. The van der Waals surface area contributed by atoms with Gasteiger partial charge in [-0.2, -0.15) is 0 Å². The summed E-state index contributed by atoms with van der Waals surface area (Å²) < 4.78 is 0. The van der Waals surface area contributed by atoms with Crippen LogP contribution in [0, 0.1) is 0 Å². The van der Waals surface area contributed by atoms with Gasteiger partial charge in [-0.1, -0.05) is 36.5 Å². The van der Waals surface area contributed by atoms with E-state index in [9.17, 15) is 9.59 Å². The fourth-order valence-electron chi connectivity index (χ4n) is 2.78. The van der Waals surface area contributed by atoms with Gasteiger partial charge in [0.1, 0.15) is 5.01 Å². The van der Waals surface area contributed by atoms with Crippen LogP contribution < -0.4 is 10.2 Å². The Balaban J connectivity index is 1.79. The van der Waals surface area contributed by atoms with Gasteiger partial charge >= 0.3 is 0 Å². The van der Waals surface area contributed by atoms with Crippen molar-refractivity contribution in [1.82, 2.24) is 10.2 Å². The van der Waals surface area contributed by atoms with Crippen LogP contribution in [0.1, 0.15) is 36.8 Å². The first-order chi connectivity index (χ1) is 11.1. The van der Waals surface area contributed by atoms with Crippen LogP contribution in [-0.2, 0) is 16.0 Å². The summed E-state index contributed by atoms with van der Waals surface area (Å²) >= 11 is 1.33. The summed E-state index contributed by atoms with van der Waals surface area (Å²) in [4.78, 5) is 25.3.